The lowest BCUT2D eigenvalue weighted by molar-refractivity contribution is 0.601. The highest BCUT2D eigenvalue weighted by molar-refractivity contribution is 7.92. The summed E-state index contributed by atoms with van der Waals surface area (Å²) in [6, 6.07) is 8.00. The molecule has 0 saturated carbocycles. The number of anilines is 1. The molecule has 2 aromatic rings. The number of rotatable bonds is 3. The smallest absolute Gasteiger partial charge is 0.263 e. The van der Waals surface area contributed by atoms with Gasteiger partial charge in [-0.3, -0.25) is 4.72 Å². The number of nitrogens with zero attached hydrogens (tertiary/aromatic N) is 1. The van der Waals surface area contributed by atoms with Crippen LogP contribution in [0.4, 0.5) is 5.82 Å². The van der Waals surface area contributed by atoms with E-state index in [4.69, 9.17) is 11.6 Å². The number of hydrogen-bond acceptors (Lipinski definition) is 3. The van der Waals surface area contributed by atoms with E-state index in [2.05, 4.69) is 9.71 Å². The van der Waals surface area contributed by atoms with Gasteiger partial charge in [0, 0.05) is 11.2 Å². The Bertz CT molecular complexity index is 697. The van der Waals surface area contributed by atoms with Gasteiger partial charge in [0.15, 0.2) is 0 Å². The molecule has 0 spiro atoms. The van der Waals surface area contributed by atoms with Crippen molar-refractivity contribution in [3.63, 3.8) is 0 Å². The second kappa shape index (κ2) is 5.19. The van der Waals surface area contributed by atoms with Crippen molar-refractivity contribution in [3.8, 4) is 0 Å². The summed E-state index contributed by atoms with van der Waals surface area (Å²) in [5.74, 6) is 0.280. The SMILES string of the molecule is Cc1ccc(NS(=O)(=O)c2ccc(C)c(Cl)c2)nc1. The molecule has 0 bridgehead atoms. The first kappa shape index (κ1) is 13.8. The molecule has 0 saturated heterocycles. The van der Waals surface area contributed by atoms with Gasteiger partial charge in [-0.2, -0.15) is 0 Å². The molecule has 1 aromatic heterocycles. The van der Waals surface area contributed by atoms with Crippen LogP contribution in [0.5, 0.6) is 0 Å². The third-order valence-corrected chi connectivity index (χ3v) is 4.36. The van der Waals surface area contributed by atoms with E-state index in [9.17, 15) is 8.42 Å². The van der Waals surface area contributed by atoms with Crippen molar-refractivity contribution in [2.24, 2.45) is 0 Å². The van der Waals surface area contributed by atoms with Crippen molar-refractivity contribution in [2.45, 2.75) is 18.7 Å². The van der Waals surface area contributed by atoms with Crippen molar-refractivity contribution in [1.82, 2.24) is 4.98 Å². The molecule has 1 aromatic carbocycles. The molecular weight excluding hydrogens is 284 g/mol. The molecule has 19 heavy (non-hydrogen) atoms. The molecule has 0 aliphatic heterocycles. The first-order chi connectivity index (χ1) is 8.88. The van der Waals surface area contributed by atoms with Crippen LogP contribution < -0.4 is 4.72 Å². The molecule has 0 aliphatic rings. The lowest BCUT2D eigenvalue weighted by Crippen LogP contribution is -2.13. The van der Waals surface area contributed by atoms with Crippen molar-refractivity contribution in [1.29, 1.82) is 0 Å². The van der Waals surface area contributed by atoms with Crippen molar-refractivity contribution in [3.05, 3.63) is 52.7 Å². The second-order valence-electron chi connectivity index (χ2n) is 4.24. The van der Waals surface area contributed by atoms with Crippen molar-refractivity contribution in [2.75, 3.05) is 4.72 Å². The van der Waals surface area contributed by atoms with Gasteiger partial charge in [-0.15, -0.1) is 0 Å². The average molecular weight is 297 g/mol. The predicted octanol–water partition coefficient (Wildman–Crippen LogP) is 3.15. The second-order valence-corrected chi connectivity index (χ2v) is 6.33. The summed E-state index contributed by atoms with van der Waals surface area (Å²) in [6.07, 6.45) is 1.60. The number of benzene rings is 1. The van der Waals surface area contributed by atoms with Gasteiger partial charge in [0.2, 0.25) is 0 Å². The minimum Gasteiger partial charge on any atom is -0.263 e. The van der Waals surface area contributed by atoms with Crippen LogP contribution in [0.2, 0.25) is 5.02 Å². The maximum Gasteiger partial charge on any atom is 0.263 e. The number of hydrogen-bond donors (Lipinski definition) is 1. The van der Waals surface area contributed by atoms with Crippen LogP contribution in [-0.2, 0) is 10.0 Å². The van der Waals surface area contributed by atoms with Gasteiger partial charge in [-0.1, -0.05) is 23.7 Å². The van der Waals surface area contributed by atoms with Gasteiger partial charge in [-0.25, -0.2) is 13.4 Å². The van der Waals surface area contributed by atoms with E-state index in [1.54, 1.807) is 24.4 Å². The molecule has 0 radical (unpaired) electrons. The van der Waals surface area contributed by atoms with Crippen molar-refractivity contribution >= 4 is 27.4 Å². The van der Waals surface area contributed by atoms with Crippen LogP contribution in [0.25, 0.3) is 0 Å². The highest BCUT2D eigenvalue weighted by atomic mass is 35.5. The Morgan fingerprint density at radius 2 is 1.89 bits per heavy atom. The van der Waals surface area contributed by atoms with Gasteiger partial charge < -0.3 is 0 Å². The van der Waals surface area contributed by atoms with E-state index in [1.165, 1.54) is 12.1 Å². The fourth-order valence-corrected chi connectivity index (χ4v) is 2.74. The molecule has 0 aliphatic carbocycles. The molecule has 1 N–H and O–H groups in total. The van der Waals surface area contributed by atoms with Crippen LogP contribution in [0.1, 0.15) is 11.1 Å². The summed E-state index contributed by atoms with van der Waals surface area (Å²) in [7, 11) is -3.66. The largest absolute Gasteiger partial charge is 0.263 e. The number of aryl methyl sites for hydroxylation is 2. The van der Waals surface area contributed by atoms with E-state index < -0.39 is 10.0 Å². The van der Waals surface area contributed by atoms with Gasteiger partial charge in [0.1, 0.15) is 5.82 Å². The van der Waals surface area contributed by atoms with Gasteiger partial charge in [-0.05, 0) is 43.2 Å². The number of aromatic nitrogens is 1. The summed E-state index contributed by atoms with van der Waals surface area (Å²) in [5, 5.41) is 0.416. The van der Waals surface area contributed by atoms with E-state index >= 15 is 0 Å². The number of sulfonamides is 1. The van der Waals surface area contributed by atoms with Crippen LogP contribution in [0.3, 0.4) is 0 Å². The van der Waals surface area contributed by atoms with E-state index in [1.807, 2.05) is 13.8 Å². The topological polar surface area (TPSA) is 59.1 Å². The molecule has 0 amide bonds. The lowest BCUT2D eigenvalue weighted by Gasteiger charge is -2.08. The zero-order valence-electron chi connectivity index (χ0n) is 10.5. The van der Waals surface area contributed by atoms with Gasteiger partial charge in [0.05, 0.1) is 4.90 Å². The Kier molecular flexibility index (Phi) is 3.78. The third-order valence-electron chi connectivity index (χ3n) is 2.60. The van der Waals surface area contributed by atoms with Crippen LogP contribution in [0, 0.1) is 13.8 Å². The maximum absolute atomic E-state index is 12.1. The molecular formula is C13H13ClN2O2S. The maximum atomic E-state index is 12.1. The molecule has 4 nitrogen and oxygen atoms in total. The Morgan fingerprint density at radius 3 is 2.47 bits per heavy atom. The van der Waals surface area contributed by atoms with Crippen LogP contribution in [0.15, 0.2) is 41.4 Å². The summed E-state index contributed by atoms with van der Waals surface area (Å²) in [6.45, 7) is 3.69. The first-order valence-electron chi connectivity index (χ1n) is 5.60. The minimum absolute atomic E-state index is 0.116. The Hall–Kier alpha value is -1.59. The number of nitrogens with one attached hydrogen (secondary N) is 1. The molecule has 2 rings (SSSR count). The zero-order valence-corrected chi connectivity index (χ0v) is 12.1. The molecule has 6 heteroatoms. The molecule has 1 heterocycles. The van der Waals surface area contributed by atoms with E-state index in [0.29, 0.717) is 5.02 Å². The predicted molar refractivity (Wildman–Crippen MR) is 76.0 cm³/mol. The number of pyridine rings is 1. The minimum atomic E-state index is -3.66. The van der Waals surface area contributed by atoms with Gasteiger partial charge >= 0.3 is 0 Å². The Morgan fingerprint density at radius 1 is 1.16 bits per heavy atom. The third kappa shape index (κ3) is 3.24. The standard InChI is InChI=1S/C13H13ClN2O2S/c1-9-3-6-13(15-8-9)16-19(17,18)11-5-4-10(2)12(14)7-11/h3-8H,1-2H3,(H,15,16). The monoisotopic (exact) mass is 296 g/mol. The lowest BCUT2D eigenvalue weighted by atomic mass is 10.2. The van der Waals surface area contributed by atoms with E-state index in [0.717, 1.165) is 11.1 Å². The average Bonchev–Trinajstić information content (AvgIpc) is 2.35. The summed E-state index contributed by atoms with van der Waals surface area (Å²) >= 11 is 5.94. The summed E-state index contributed by atoms with van der Waals surface area (Å²) in [5.41, 5.74) is 1.79. The quantitative estimate of drug-likeness (QED) is 0.946. The highest BCUT2D eigenvalue weighted by Gasteiger charge is 2.15. The molecule has 100 valence electrons. The summed E-state index contributed by atoms with van der Waals surface area (Å²) < 4.78 is 26.7. The molecule has 0 fully saturated rings. The molecule has 0 unspecified atom stereocenters. The van der Waals surface area contributed by atoms with Gasteiger partial charge in [0.25, 0.3) is 10.0 Å². The molecule has 0 atom stereocenters. The number of halogens is 1. The zero-order chi connectivity index (χ0) is 14.0. The van der Waals surface area contributed by atoms with Crippen molar-refractivity contribution < 1.29 is 8.42 Å². The fourth-order valence-electron chi connectivity index (χ4n) is 1.47. The first-order valence-corrected chi connectivity index (χ1v) is 7.46. The highest BCUT2D eigenvalue weighted by Crippen LogP contribution is 2.21. The summed E-state index contributed by atoms with van der Waals surface area (Å²) in [4.78, 5) is 4.12. The Labute approximate surface area is 117 Å². The fraction of sp³-hybridized carbons (Fsp3) is 0.154. The normalized spacial score (nSPS) is 11.3. The van der Waals surface area contributed by atoms with Crippen LogP contribution >= 0.6 is 11.6 Å². The Balaban J connectivity index is 2.32. The van der Waals surface area contributed by atoms with E-state index in [-0.39, 0.29) is 10.7 Å². The van der Waals surface area contributed by atoms with Crippen LogP contribution in [-0.4, -0.2) is 13.4 Å².